The molecule has 2 rings (SSSR count). The van der Waals surface area contributed by atoms with Crippen LogP contribution in [0.25, 0.3) is 0 Å². The van der Waals surface area contributed by atoms with Crippen LogP contribution in [0.2, 0.25) is 0 Å². The van der Waals surface area contributed by atoms with Crippen molar-refractivity contribution in [2.75, 3.05) is 30.8 Å². The molecular weight excluding hydrogens is 454 g/mol. The number of hydrogen-bond donors (Lipinski definition) is 1. The highest BCUT2D eigenvalue weighted by Crippen LogP contribution is 2.31. The third-order valence-corrected chi connectivity index (χ3v) is 6.73. The van der Waals surface area contributed by atoms with E-state index in [-0.39, 0.29) is 18.1 Å². The van der Waals surface area contributed by atoms with E-state index in [1.165, 1.54) is 12.0 Å². The van der Waals surface area contributed by atoms with Crippen LogP contribution in [-0.4, -0.2) is 57.6 Å². The van der Waals surface area contributed by atoms with E-state index in [9.17, 15) is 18.0 Å². The second-order valence-corrected chi connectivity index (χ2v) is 10.3. The van der Waals surface area contributed by atoms with E-state index < -0.39 is 28.5 Å². The molecule has 1 atom stereocenters. The summed E-state index contributed by atoms with van der Waals surface area (Å²) in [6.45, 7) is 7.56. The number of benzene rings is 2. The van der Waals surface area contributed by atoms with Crippen molar-refractivity contribution < 1.29 is 22.7 Å². The fraction of sp³-hybridized carbons (Fsp3) is 0.440. The van der Waals surface area contributed by atoms with Gasteiger partial charge in [-0.3, -0.25) is 13.9 Å². The summed E-state index contributed by atoms with van der Waals surface area (Å²) >= 11 is 0. The number of nitrogens with zero attached hydrogens (tertiary/aromatic N) is 2. The number of carbonyl (C=O) groups is 2. The summed E-state index contributed by atoms with van der Waals surface area (Å²) in [6, 6.07) is 11.9. The highest BCUT2D eigenvalue weighted by molar-refractivity contribution is 7.92. The Hall–Kier alpha value is -3.07. The zero-order valence-electron chi connectivity index (χ0n) is 20.8. The normalized spacial score (nSPS) is 12.1. The number of methoxy groups -OCH3 is 1. The Morgan fingerprint density at radius 1 is 1.12 bits per heavy atom. The molecule has 9 heteroatoms. The van der Waals surface area contributed by atoms with Gasteiger partial charge in [-0.15, -0.1) is 0 Å². The molecule has 0 saturated heterocycles. The van der Waals surface area contributed by atoms with Gasteiger partial charge < -0.3 is 15.0 Å². The smallest absolute Gasteiger partial charge is 0.244 e. The summed E-state index contributed by atoms with van der Waals surface area (Å²) in [5.74, 6) is -0.442. The number of rotatable bonds is 11. The quantitative estimate of drug-likeness (QED) is 0.523. The van der Waals surface area contributed by atoms with E-state index in [1.807, 2.05) is 45.0 Å². The molecule has 0 heterocycles. The summed E-state index contributed by atoms with van der Waals surface area (Å²) in [5, 5.41) is 2.82. The van der Waals surface area contributed by atoms with Gasteiger partial charge >= 0.3 is 0 Å². The van der Waals surface area contributed by atoms with Gasteiger partial charge in [0.15, 0.2) is 0 Å². The lowest BCUT2D eigenvalue weighted by Crippen LogP contribution is -2.51. The van der Waals surface area contributed by atoms with Crippen LogP contribution in [0.3, 0.4) is 0 Å². The van der Waals surface area contributed by atoms with Crippen molar-refractivity contribution in [3.8, 4) is 5.75 Å². The first-order valence-electron chi connectivity index (χ1n) is 11.2. The zero-order chi connectivity index (χ0) is 25.5. The van der Waals surface area contributed by atoms with Crippen molar-refractivity contribution in [3.05, 3.63) is 59.2 Å². The molecule has 0 aliphatic rings. The summed E-state index contributed by atoms with van der Waals surface area (Å²) in [4.78, 5) is 27.8. The Morgan fingerprint density at radius 2 is 1.79 bits per heavy atom. The molecule has 0 bridgehead atoms. The predicted octanol–water partition coefficient (Wildman–Crippen LogP) is 3.02. The fourth-order valence-electron chi connectivity index (χ4n) is 3.54. The standard InChI is InChI=1S/C25H35N3O5S/c1-7-14-26-25(30)20(4)27(16-21-11-9-8-10-19(21)3)24(29)17-28(34(6,31)32)22-15-18(2)12-13-23(22)33-5/h8-13,15,20H,7,14,16-17H2,1-6H3,(H,26,30). The van der Waals surface area contributed by atoms with Crippen LogP contribution in [0.15, 0.2) is 42.5 Å². The summed E-state index contributed by atoms with van der Waals surface area (Å²) in [5.41, 5.74) is 2.95. The van der Waals surface area contributed by atoms with Crippen molar-refractivity contribution in [1.82, 2.24) is 10.2 Å². The maximum absolute atomic E-state index is 13.6. The molecule has 2 amide bonds. The lowest BCUT2D eigenvalue weighted by atomic mass is 10.1. The molecule has 0 saturated carbocycles. The Labute approximate surface area is 202 Å². The molecule has 1 N–H and O–H groups in total. The Balaban J connectivity index is 2.46. The number of nitrogens with one attached hydrogen (secondary N) is 1. The van der Waals surface area contributed by atoms with Crippen molar-refractivity contribution in [1.29, 1.82) is 0 Å². The highest BCUT2D eigenvalue weighted by Gasteiger charge is 2.31. The van der Waals surface area contributed by atoms with Gasteiger partial charge in [0.05, 0.1) is 19.1 Å². The maximum atomic E-state index is 13.6. The van der Waals surface area contributed by atoms with Gasteiger partial charge in [0.25, 0.3) is 0 Å². The van der Waals surface area contributed by atoms with Crippen LogP contribution in [0.1, 0.15) is 37.0 Å². The van der Waals surface area contributed by atoms with Crippen LogP contribution >= 0.6 is 0 Å². The second kappa shape index (κ2) is 11.9. The number of carbonyl (C=O) groups excluding carboxylic acids is 2. The predicted molar refractivity (Wildman–Crippen MR) is 134 cm³/mol. The van der Waals surface area contributed by atoms with Crippen LogP contribution in [0.4, 0.5) is 5.69 Å². The largest absolute Gasteiger partial charge is 0.495 e. The molecule has 0 aliphatic carbocycles. The van der Waals surface area contributed by atoms with Crippen LogP contribution in [0.5, 0.6) is 5.75 Å². The number of aryl methyl sites for hydroxylation is 2. The molecule has 2 aromatic carbocycles. The molecule has 0 aromatic heterocycles. The molecule has 186 valence electrons. The van der Waals surface area contributed by atoms with Crippen LogP contribution in [0, 0.1) is 13.8 Å². The van der Waals surface area contributed by atoms with E-state index in [2.05, 4.69) is 5.32 Å². The van der Waals surface area contributed by atoms with E-state index in [0.717, 1.165) is 33.7 Å². The minimum Gasteiger partial charge on any atom is -0.495 e. The summed E-state index contributed by atoms with van der Waals surface area (Å²) in [6.07, 6.45) is 1.81. The topological polar surface area (TPSA) is 96.0 Å². The van der Waals surface area contributed by atoms with Crippen LogP contribution < -0.4 is 14.4 Å². The number of ether oxygens (including phenoxy) is 1. The first-order chi connectivity index (χ1) is 16.0. The van der Waals surface area contributed by atoms with Gasteiger partial charge in [0.2, 0.25) is 21.8 Å². The van der Waals surface area contributed by atoms with Gasteiger partial charge in [0.1, 0.15) is 18.3 Å². The molecule has 0 radical (unpaired) electrons. The summed E-state index contributed by atoms with van der Waals surface area (Å²) in [7, 11) is -2.39. The van der Waals surface area contributed by atoms with E-state index in [4.69, 9.17) is 4.74 Å². The number of anilines is 1. The van der Waals surface area contributed by atoms with E-state index in [1.54, 1.807) is 25.1 Å². The van der Waals surface area contributed by atoms with Crippen LogP contribution in [-0.2, 0) is 26.2 Å². The molecule has 0 spiro atoms. The van der Waals surface area contributed by atoms with Crippen molar-refractivity contribution in [3.63, 3.8) is 0 Å². The Morgan fingerprint density at radius 3 is 2.38 bits per heavy atom. The molecular formula is C25H35N3O5S. The molecule has 2 aromatic rings. The maximum Gasteiger partial charge on any atom is 0.244 e. The molecule has 0 aliphatic heterocycles. The third-order valence-electron chi connectivity index (χ3n) is 5.60. The van der Waals surface area contributed by atoms with Gasteiger partial charge in [-0.25, -0.2) is 8.42 Å². The SMILES string of the molecule is CCCNC(=O)C(C)N(Cc1ccccc1C)C(=O)CN(c1cc(C)ccc1OC)S(C)(=O)=O. The first kappa shape index (κ1) is 27.2. The third kappa shape index (κ3) is 6.96. The molecule has 1 unspecified atom stereocenters. The summed E-state index contributed by atoms with van der Waals surface area (Å²) < 4.78 is 31.9. The van der Waals surface area contributed by atoms with Crippen molar-refractivity contribution in [2.24, 2.45) is 0 Å². The molecule has 0 fully saturated rings. The number of hydrogen-bond acceptors (Lipinski definition) is 5. The van der Waals surface area contributed by atoms with Gasteiger partial charge in [0, 0.05) is 13.1 Å². The number of amides is 2. The first-order valence-corrected chi connectivity index (χ1v) is 13.1. The second-order valence-electron chi connectivity index (χ2n) is 8.36. The minimum atomic E-state index is -3.83. The average Bonchev–Trinajstić information content (AvgIpc) is 2.79. The number of sulfonamides is 1. The lowest BCUT2D eigenvalue weighted by Gasteiger charge is -2.32. The Kier molecular flexibility index (Phi) is 9.49. The van der Waals surface area contributed by atoms with E-state index in [0.29, 0.717) is 12.3 Å². The van der Waals surface area contributed by atoms with Crippen molar-refractivity contribution in [2.45, 2.75) is 46.7 Å². The molecule has 8 nitrogen and oxygen atoms in total. The highest BCUT2D eigenvalue weighted by atomic mass is 32.2. The zero-order valence-corrected chi connectivity index (χ0v) is 21.6. The monoisotopic (exact) mass is 489 g/mol. The minimum absolute atomic E-state index is 0.175. The average molecular weight is 490 g/mol. The Bertz CT molecular complexity index is 1120. The van der Waals surface area contributed by atoms with Gasteiger partial charge in [-0.1, -0.05) is 37.3 Å². The fourth-order valence-corrected chi connectivity index (χ4v) is 4.38. The van der Waals surface area contributed by atoms with E-state index >= 15 is 0 Å². The van der Waals surface area contributed by atoms with Gasteiger partial charge in [-0.2, -0.15) is 0 Å². The van der Waals surface area contributed by atoms with Gasteiger partial charge in [-0.05, 0) is 56.0 Å². The van der Waals surface area contributed by atoms with Crippen molar-refractivity contribution >= 4 is 27.5 Å². The lowest BCUT2D eigenvalue weighted by molar-refractivity contribution is -0.139. The molecule has 34 heavy (non-hydrogen) atoms.